The van der Waals surface area contributed by atoms with Gasteiger partial charge in [0.15, 0.2) is 0 Å². The van der Waals surface area contributed by atoms with Crippen LogP contribution >= 0.6 is 0 Å². The Kier molecular flexibility index (Phi) is 3.26. The SMILES string of the molecule is CCc1cccc(C)c1CON. The highest BCUT2D eigenvalue weighted by molar-refractivity contribution is 5.33. The highest BCUT2D eigenvalue weighted by atomic mass is 16.6. The zero-order chi connectivity index (χ0) is 8.97. The summed E-state index contributed by atoms with van der Waals surface area (Å²) in [5.74, 6) is 5.05. The van der Waals surface area contributed by atoms with Gasteiger partial charge in [-0.15, -0.1) is 0 Å². The number of aryl methyl sites for hydroxylation is 2. The molecule has 0 aliphatic heterocycles. The lowest BCUT2D eigenvalue weighted by Gasteiger charge is -2.09. The summed E-state index contributed by atoms with van der Waals surface area (Å²) < 4.78 is 0. The number of nitrogens with two attached hydrogens (primary N) is 1. The molecule has 1 aromatic carbocycles. The van der Waals surface area contributed by atoms with E-state index in [1.54, 1.807) is 0 Å². The molecule has 12 heavy (non-hydrogen) atoms. The third kappa shape index (κ3) is 1.84. The van der Waals surface area contributed by atoms with Crippen LogP contribution in [0.1, 0.15) is 23.6 Å². The summed E-state index contributed by atoms with van der Waals surface area (Å²) in [4.78, 5) is 4.65. The molecule has 1 aromatic rings. The van der Waals surface area contributed by atoms with Crippen LogP contribution in [0.3, 0.4) is 0 Å². The maximum atomic E-state index is 5.05. The summed E-state index contributed by atoms with van der Waals surface area (Å²) in [6.45, 7) is 4.72. The van der Waals surface area contributed by atoms with Gasteiger partial charge in [0.05, 0.1) is 6.61 Å². The quantitative estimate of drug-likeness (QED) is 0.695. The molecule has 0 aromatic heterocycles. The zero-order valence-corrected chi connectivity index (χ0v) is 7.63. The van der Waals surface area contributed by atoms with Gasteiger partial charge in [0.2, 0.25) is 0 Å². The second kappa shape index (κ2) is 4.24. The van der Waals surface area contributed by atoms with Crippen LogP contribution in [-0.4, -0.2) is 0 Å². The Morgan fingerprint density at radius 3 is 2.75 bits per heavy atom. The Morgan fingerprint density at radius 2 is 2.17 bits per heavy atom. The minimum Gasteiger partial charge on any atom is -0.300 e. The summed E-state index contributed by atoms with van der Waals surface area (Å²) in [5.41, 5.74) is 3.79. The molecule has 0 aliphatic rings. The smallest absolute Gasteiger partial charge is 0.0935 e. The highest BCUT2D eigenvalue weighted by Crippen LogP contribution is 2.15. The predicted octanol–water partition coefficient (Wildman–Crippen LogP) is 1.95. The normalized spacial score (nSPS) is 10.2. The van der Waals surface area contributed by atoms with Crippen LogP contribution < -0.4 is 5.90 Å². The van der Waals surface area contributed by atoms with Crippen molar-refractivity contribution in [1.82, 2.24) is 0 Å². The van der Waals surface area contributed by atoms with Gasteiger partial charge in [-0.3, -0.25) is 4.84 Å². The molecule has 2 N–H and O–H groups in total. The minimum absolute atomic E-state index is 0.510. The van der Waals surface area contributed by atoms with E-state index in [1.165, 1.54) is 16.7 Å². The zero-order valence-electron chi connectivity index (χ0n) is 7.63. The van der Waals surface area contributed by atoms with E-state index in [0.717, 1.165) is 6.42 Å². The molecule has 0 amide bonds. The Balaban J connectivity index is 3.02. The van der Waals surface area contributed by atoms with E-state index in [-0.39, 0.29) is 0 Å². The van der Waals surface area contributed by atoms with Crippen LogP contribution in [0.2, 0.25) is 0 Å². The average Bonchev–Trinajstić information content (AvgIpc) is 2.09. The van der Waals surface area contributed by atoms with Gasteiger partial charge in [-0.05, 0) is 30.0 Å². The number of hydrogen-bond donors (Lipinski definition) is 1. The first-order chi connectivity index (χ1) is 5.79. The van der Waals surface area contributed by atoms with Crippen molar-refractivity contribution in [3.63, 3.8) is 0 Å². The fourth-order valence-electron chi connectivity index (χ4n) is 1.38. The molecule has 0 atom stereocenters. The second-order valence-electron chi connectivity index (χ2n) is 2.88. The third-order valence-corrected chi connectivity index (χ3v) is 2.12. The Hall–Kier alpha value is -0.860. The molecule has 0 spiro atoms. The lowest BCUT2D eigenvalue weighted by atomic mass is 10.0. The molecule has 0 saturated heterocycles. The first-order valence-corrected chi connectivity index (χ1v) is 4.18. The van der Waals surface area contributed by atoms with Crippen LogP contribution in [0.15, 0.2) is 18.2 Å². The van der Waals surface area contributed by atoms with E-state index in [4.69, 9.17) is 5.90 Å². The molecule has 0 fully saturated rings. The number of benzene rings is 1. The molecule has 0 saturated carbocycles. The summed E-state index contributed by atoms with van der Waals surface area (Å²) in [7, 11) is 0. The van der Waals surface area contributed by atoms with E-state index in [0.29, 0.717) is 6.61 Å². The molecular weight excluding hydrogens is 150 g/mol. The Morgan fingerprint density at radius 1 is 1.42 bits per heavy atom. The fourth-order valence-corrected chi connectivity index (χ4v) is 1.38. The Bertz CT molecular complexity index is 258. The molecular formula is C10H15NO. The van der Waals surface area contributed by atoms with Crippen LogP contribution in [0.25, 0.3) is 0 Å². The standard InChI is InChI=1S/C10H15NO/c1-3-9-6-4-5-8(2)10(9)7-12-11/h4-6H,3,7,11H2,1-2H3. The number of rotatable bonds is 3. The van der Waals surface area contributed by atoms with Gasteiger partial charge in [0.25, 0.3) is 0 Å². The molecule has 0 radical (unpaired) electrons. The van der Waals surface area contributed by atoms with Crippen LogP contribution in [0, 0.1) is 6.92 Å². The van der Waals surface area contributed by atoms with Crippen LogP contribution in [-0.2, 0) is 17.9 Å². The molecule has 0 heterocycles. The molecule has 0 bridgehead atoms. The van der Waals surface area contributed by atoms with Crippen molar-refractivity contribution in [3.05, 3.63) is 34.9 Å². The van der Waals surface area contributed by atoms with E-state index in [1.807, 2.05) is 0 Å². The average molecular weight is 165 g/mol. The van der Waals surface area contributed by atoms with E-state index >= 15 is 0 Å². The molecule has 0 unspecified atom stereocenters. The van der Waals surface area contributed by atoms with E-state index in [2.05, 4.69) is 36.9 Å². The summed E-state index contributed by atoms with van der Waals surface area (Å²) in [6.07, 6.45) is 1.03. The predicted molar refractivity (Wildman–Crippen MR) is 49.5 cm³/mol. The van der Waals surface area contributed by atoms with Gasteiger partial charge < -0.3 is 0 Å². The van der Waals surface area contributed by atoms with Crippen LogP contribution in [0.4, 0.5) is 0 Å². The van der Waals surface area contributed by atoms with Crippen molar-refractivity contribution in [2.45, 2.75) is 26.9 Å². The van der Waals surface area contributed by atoms with Gasteiger partial charge >= 0.3 is 0 Å². The van der Waals surface area contributed by atoms with Crippen LogP contribution in [0.5, 0.6) is 0 Å². The number of hydrogen-bond acceptors (Lipinski definition) is 2. The van der Waals surface area contributed by atoms with Gasteiger partial charge in [0, 0.05) is 0 Å². The Labute approximate surface area is 73.3 Å². The van der Waals surface area contributed by atoms with E-state index in [9.17, 15) is 0 Å². The molecule has 66 valence electrons. The van der Waals surface area contributed by atoms with Crippen molar-refractivity contribution in [2.75, 3.05) is 0 Å². The highest BCUT2D eigenvalue weighted by Gasteiger charge is 2.02. The minimum atomic E-state index is 0.510. The molecule has 2 heteroatoms. The largest absolute Gasteiger partial charge is 0.300 e. The maximum absolute atomic E-state index is 5.05. The van der Waals surface area contributed by atoms with E-state index < -0.39 is 0 Å². The lowest BCUT2D eigenvalue weighted by Crippen LogP contribution is -2.03. The fraction of sp³-hybridized carbons (Fsp3) is 0.400. The van der Waals surface area contributed by atoms with Crippen molar-refractivity contribution < 1.29 is 4.84 Å². The summed E-state index contributed by atoms with van der Waals surface area (Å²) >= 11 is 0. The van der Waals surface area contributed by atoms with Crippen molar-refractivity contribution in [1.29, 1.82) is 0 Å². The van der Waals surface area contributed by atoms with Gasteiger partial charge in [-0.1, -0.05) is 25.1 Å². The van der Waals surface area contributed by atoms with Gasteiger partial charge in [-0.2, -0.15) is 0 Å². The third-order valence-electron chi connectivity index (χ3n) is 2.12. The second-order valence-corrected chi connectivity index (χ2v) is 2.88. The van der Waals surface area contributed by atoms with Crippen molar-refractivity contribution in [2.24, 2.45) is 5.90 Å². The molecule has 0 aliphatic carbocycles. The first kappa shape index (κ1) is 9.23. The van der Waals surface area contributed by atoms with Gasteiger partial charge in [0.1, 0.15) is 0 Å². The molecule has 1 rings (SSSR count). The van der Waals surface area contributed by atoms with Crippen molar-refractivity contribution >= 4 is 0 Å². The maximum Gasteiger partial charge on any atom is 0.0935 e. The monoisotopic (exact) mass is 165 g/mol. The van der Waals surface area contributed by atoms with Crippen molar-refractivity contribution in [3.8, 4) is 0 Å². The summed E-state index contributed by atoms with van der Waals surface area (Å²) in [6, 6.07) is 6.25. The molecule has 2 nitrogen and oxygen atoms in total. The van der Waals surface area contributed by atoms with Gasteiger partial charge in [-0.25, -0.2) is 5.90 Å². The summed E-state index contributed by atoms with van der Waals surface area (Å²) in [5, 5.41) is 0. The first-order valence-electron chi connectivity index (χ1n) is 4.18. The lowest BCUT2D eigenvalue weighted by molar-refractivity contribution is 0.123. The topological polar surface area (TPSA) is 35.2 Å².